The van der Waals surface area contributed by atoms with Crippen LogP contribution in [0, 0.1) is 0 Å². The van der Waals surface area contributed by atoms with E-state index in [1.807, 2.05) is 39.0 Å². The first-order chi connectivity index (χ1) is 11.3. The van der Waals surface area contributed by atoms with Gasteiger partial charge < -0.3 is 19.7 Å². The van der Waals surface area contributed by atoms with E-state index in [-0.39, 0.29) is 12.0 Å². The van der Waals surface area contributed by atoms with Gasteiger partial charge in [-0.25, -0.2) is 9.59 Å². The van der Waals surface area contributed by atoms with Gasteiger partial charge in [0.2, 0.25) is 0 Å². The summed E-state index contributed by atoms with van der Waals surface area (Å²) in [5, 5.41) is 2.92. The third-order valence-corrected chi connectivity index (χ3v) is 3.79. The maximum atomic E-state index is 12.0. The van der Waals surface area contributed by atoms with Gasteiger partial charge in [0.05, 0.1) is 18.4 Å². The smallest absolute Gasteiger partial charge is 0.407 e. The molecule has 1 N–H and O–H groups in total. The number of amides is 1. The van der Waals surface area contributed by atoms with Crippen molar-refractivity contribution in [1.29, 1.82) is 0 Å². The molecule has 2 rings (SSSR count). The van der Waals surface area contributed by atoms with Gasteiger partial charge in [0.15, 0.2) is 0 Å². The molecule has 0 aliphatic carbocycles. The summed E-state index contributed by atoms with van der Waals surface area (Å²) >= 11 is 0. The Labute approximate surface area is 143 Å². The lowest BCUT2D eigenvalue weighted by molar-refractivity contribution is 0.0498. The molecule has 6 heteroatoms. The van der Waals surface area contributed by atoms with Crippen molar-refractivity contribution >= 4 is 17.7 Å². The number of ether oxygens (including phenoxy) is 2. The van der Waals surface area contributed by atoms with Crippen molar-refractivity contribution in [2.45, 2.75) is 45.3 Å². The number of carbonyl (C=O) groups is 2. The van der Waals surface area contributed by atoms with Crippen LogP contribution in [0.5, 0.6) is 0 Å². The summed E-state index contributed by atoms with van der Waals surface area (Å²) in [6.07, 6.45) is 1.40. The molecule has 132 valence electrons. The van der Waals surface area contributed by atoms with E-state index in [4.69, 9.17) is 9.47 Å². The number of piperidine rings is 1. The van der Waals surface area contributed by atoms with Gasteiger partial charge in [-0.3, -0.25) is 0 Å². The fourth-order valence-electron chi connectivity index (χ4n) is 2.82. The average Bonchev–Trinajstić information content (AvgIpc) is 2.52. The van der Waals surface area contributed by atoms with Crippen molar-refractivity contribution in [3.63, 3.8) is 0 Å². The number of carbonyl (C=O) groups excluding carboxylic acids is 2. The molecule has 1 aromatic carbocycles. The first-order valence-electron chi connectivity index (χ1n) is 8.22. The predicted molar refractivity (Wildman–Crippen MR) is 92.4 cm³/mol. The third-order valence-electron chi connectivity index (χ3n) is 3.79. The number of anilines is 1. The van der Waals surface area contributed by atoms with E-state index in [0.717, 1.165) is 25.1 Å². The highest BCUT2D eigenvalue weighted by molar-refractivity contribution is 5.95. The quantitative estimate of drug-likeness (QED) is 0.861. The van der Waals surface area contributed by atoms with Crippen molar-refractivity contribution in [2.24, 2.45) is 0 Å². The fourth-order valence-corrected chi connectivity index (χ4v) is 2.82. The second-order valence-corrected chi connectivity index (χ2v) is 6.94. The monoisotopic (exact) mass is 334 g/mol. The number of nitrogens with one attached hydrogen (secondary N) is 1. The summed E-state index contributed by atoms with van der Waals surface area (Å²) < 4.78 is 10.2. The number of nitrogens with zero attached hydrogens (tertiary/aromatic N) is 1. The van der Waals surface area contributed by atoms with E-state index in [0.29, 0.717) is 12.1 Å². The van der Waals surface area contributed by atoms with Gasteiger partial charge in [0.1, 0.15) is 5.60 Å². The van der Waals surface area contributed by atoms with Crippen LogP contribution in [0.4, 0.5) is 10.5 Å². The molecule has 0 unspecified atom stereocenters. The molecule has 0 radical (unpaired) electrons. The highest BCUT2D eigenvalue weighted by Crippen LogP contribution is 2.25. The molecule has 1 aromatic rings. The van der Waals surface area contributed by atoms with Gasteiger partial charge in [-0.05, 0) is 45.7 Å². The number of para-hydroxylation sites is 1. The molecular formula is C18H26N2O4. The Hall–Kier alpha value is -2.24. The van der Waals surface area contributed by atoms with E-state index in [9.17, 15) is 9.59 Å². The van der Waals surface area contributed by atoms with Crippen LogP contribution in [0.25, 0.3) is 0 Å². The molecule has 1 heterocycles. The zero-order chi connectivity index (χ0) is 17.7. The maximum absolute atomic E-state index is 12.0. The number of hydrogen-bond donors (Lipinski definition) is 1. The number of benzene rings is 1. The second kappa shape index (κ2) is 7.55. The predicted octanol–water partition coefficient (Wildman–Crippen LogP) is 2.97. The molecular weight excluding hydrogens is 308 g/mol. The van der Waals surface area contributed by atoms with Gasteiger partial charge >= 0.3 is 12.1 Å². The molecule has 6 nitrogen and oxygen atoms in total. The molecule has 0 bridgehead atoms. The minimum absolute atomic E-state index is 0.0145. The summed E-state index contributed by atoms with van der Waals surface area (Å²) in [5.74, 6) is -0.354. The highest BCUT2D eigenvalue weighted by Gasteiger charge is 2.26. The summed E-state index contributed by atoms with van der Waals surface area (Å²) in [4.78, 5) is 26.0. The molecule has 1 fully saturated rings. The third kappa shape index (κ3) is 4.88. The van der Waals surface area contributed by atoms with Crippen LogP contribution < -0.4 is 10.2 Å². The lowest BCUT2D eigenvalue weighted by atomic mass is 10.0. The lowest BCUT2D eigenvalue weighted by Gasteiger charge is -2.35. The van der Waals surface area contributed by atoms with Crippen LogP contribution in [0.3, 0.4) is 0 Å². The van der Waals surface area contributed by atoms with Crippen LogP contribution in [-0.4, -0.2) is 43.9 Å². The maximum Gasteiger partial charge on any atom is 0.407 e. The molecule has 1 aliphatic heterocycles. The minimum atomic E-state index is -0.518. The Morgan fingerprint density at radius 3 is 2.62 bits per heavy atom. The van der Waals surface area contributed by atoms with Gasteiger partial charge in [0, 0.05) is 19.1 Å². The molecule has 0 spiro atoms. The molecule has 0 aromatic heterocycles. The topological polar surface area (TPSA) is 67.9 Å². The zero-order valence-electron chi connectivity index (χ0n) is 14.8. The van der Waals surface area contributed by atoms with E-state index in [2.05, 4.69) is 10.2 Å². The number of rotatable bonds is 3. The molecule has 24 heavy (non-hydrogen) atoms. The summed E-state index contributed by atoms with van der Waals surface area (Å²) in [6, 6.07) is 7.36. The second-order valence-electron chi connectivity index (χ2n) is 6.94. The summed E-state index contributed by atoms with van der Waals surface area (Å²) in [6.45, 7) is 6.98. The number of methoxy groups -OCH3 is 1. The number of hydrogen-bond acceptors (Lipinski definition) is 5. The Morgan fingerprint density at radius 2 is 1.96 bits per heavy atom. The van der Waals surface area contributed by atoms with Crippen LogP contribution in [0.15, 0.2) is 24.3 Å². The van der Waals surface area contributed by atoms with Crippen molar-refractivity contribution in [1.82, 2.24) is 5.32 Å². The zero-order valence-corrected chi connectivity index (χ0v) is 14.8. The molecule has 1 amide bonds. The Bertz CT molecular complexity index is 595. The van der Waals surface area contributed by atoms with Crippen molar-refractivity contribution < 1.29 is 19.1 Å². The lowest BCUT2D eigenvalue weighted by Crippen LogP contribution is -2.49. The van der Waals surface area contributed by atoms with E-state index >= 15 is 0 Å². The van der Waals surface area contributed by atoms with Gasteiger partial charge in [0.25, 0.3) is 0 Å². The van der Waals surface area contributed by atoms with Crippen LogP contribution in [-0.2, 0) is 9.47 Å². The first-order valence-corrected chi connectivity index (χ1v) is 8.22. The fraction of sp³-hybridized carbons (Fsp3) is 0.556. The summed E-state index contributed by atoms with van der Waals surface area (Å²) in [5.41, 5.74) is 0.855. The van der Waals surface area contributed by atoms with Gasteiger partial charge in [-0.2, -0.15) is 0 Å². The van der Waals surface area contributed by atoms with Crippen molar-refractivity contribution in [3.8, 4) is 0 Å². The van der Waals surface area contributed by atoms with Gasteiger partial charge in [-0.1, -0.05) is 12.1 Å². The molecule has 1 saturated heterocycles. The SMILES string of the molecule is COC(=O)c1ccccc1N1CCC[C@H](NC(=O)OC(C)(C)C)C1. The minimum Gasteiger partial charge on any atom is -0.465 e. The molecule has 1 atom stereocenters. The van der Waals surface area contributed by atoms with E-state index in [1.54, 1.807) is 6.07 Å². The Morgan fingerprint density at radius 1 is 1.25 bits per heavy atom. The normalized spacial score (nSPS) is 18.0. The molecule has 0 saturated carbocycles. The average molecular weight is 334 g/mol. The van der Waals surface area contributed by atoms with Gasteiger partial charge in [-0.15, -0.1) is 0 Å². The largest absolute Gasteiger partial charge is 0.465 e. The van der Waals surface area contributed by atoms with Crippen LogP contribution in [0.1, 0.15) is 44.0 Å². The summed E-state index contributed by atoms with van der Waals surface area (Å²) in [7, 11) is 1.38. The molecule has 1 aliphatic rings. The Kier molecular flexibility index (Phi) is 5.70. The van der Waals surface area contributed by atoms with E-state index in [1.165, 1.54) is 7.11 Å². The number of esters is 1. The first kappa shape index (κ1) is 18.1. The highest BCUT2D eigenvalue weighted by atomic mass is 16.6. The van der Waals surface area contributed by atoms with Crippen molar-refractivity contribution in [2.75, 3.05) is 25.1 Å². The standard InChI is InChI=1S/C18H26N2O4/c1-18(2,3)24-17(22)19-13-8-7-11-20(12-13)15-10-6-5-9-14(15)16(21)23-4/h5-6,9-10,13H,7-8,11-12H2,1-4H3,(H,19,22)/t13-/m0/s1. The van der Waals surface area contributed by atoms with E-state index < -0.39 is 11.7 Å². The van der Waals surface area contributed by atoms with Crippen LogP contribution >= 0.6 is 0 Å². The number of alkyl carbamates (subject to hydrolysis) is 1. The van der Waals surface area contributed by atoms with Crippen molar-refractivity contribution in [3.05, 3.63) is 29.8 Å². The van der Waals surface area contributed by atoms with Crippen LogP contribution in [0.2, 0.25) is 0 Å². The Balaban J connectivity index is 2.06.